The van der Waals surface area contributed by atoms with E-state index in [1.54, 1.807) is 6.20 Å². The van der Waals surface area contributed by atoms with E-state index in [0.29, 0.717) is 12.5 Å². The van der Waals surface area contributed by atoms with Crippen LogP contribution in [0.25, 0.3) is 0 Å². The van der Waals surface area contributed by atoms with Crippen LogP contribution in [0.1, 0.15) is 22.5 Å². The van der Waals surface area contributed by atoms with Crippen LogP contribution in [-0.2, 0) is 6.54 Å². The van der Waals surface area contributed by atoms with Crippen LogP contribution in [0.3, 0.4) is 0 Å². The van der Waals surface area contributed by atoms with Gasteiger partial charge in [-0.25, -0.2) is 4.98 Å². The molecular weight excluding hydrogens is 298 g/mol. The van der Waals surface area contributed by atoms with Gasteiger partial charge >= 0.3 is 0 Å². The van der Waals surface area contributed by atoms with Crippen molar-refractivity contribution >= 4 is 17.5 Å². The molecule has 3 rings (SSSR count). The van der Waals surface area contributed by atoms with Crippen LogP contribution in [0.5, 0.6) is 0 Å². The zero-order valence-corrected chi connectivity index (χ0v) is 14.2. The highest BCUT2D eigenvalue weighted by molar-refractivity contribution is 5.62. The average molecular weight is 319 g/mol. The molecule has 0 aliphatic heterocycles. The van der Waals surface area contributed by atoms with Gasteiger partial charge in [0.25, 0.3) is 0 Å². The molecule has 0 bridgehead atoms. The summed E-state index contributed by atoms with van der Waals surface area (Å²) < 4.78 is 0. The van der Waals surface area contributed by atoms with Crippen LogP contribution in [0.15, 0.2) is 48.7 Å². The maximum Gasteiger partial charge on any atom is 0.225 e. The standard InChI is InChI=1S/C19H21N5/c1-13-7-8-14(2)17(10-13)23-18-11-15(3)22-19(24-18)21-12-16-6-4-5-9-20-16/h4-11H,12H2,1-3H3,(H2,21,22,23,24). The fourth-order valence-corrected chi connectivity index (χ4v) is 2.39. The van der Waals surface area contributed by atoms with E-state index in [4.69, 9.17) is 0 Å². The Balaban J connectivity index is 1.77. The summed E-state index contributed by atoms with van der Waals surface area (Å²) in [7, 11) is 0. The summed E-state index contributed by atoms with van der Waals surface area (Å²) in [5.74, 6) is 1.37. The minimum absolute atomic E-state index is 0.590. The normalized spacial score (nSPS) is 10.5. The van der Waals surface area contributed by atoms with Crippen molar-refractivity contribution < 1.29 is 0 Å². The Morgan fingerprint density at radius 3 is 2.62 bits per heavy atom. The Hall–Kier alpha value is -2.95. The number of hydrogen-bond donors (Lipinski definition) is 2. The van der Waals surface area contributed by atoms with E-state index in [1.807, 2.05) is 31.2 Å². The lowest BCUT2D eigenvalue weighted by atomic mass is 10.1. The second kappa shape index (κ2) is 7.08. The Bertz CT molecular complexity index is 830. The number of nitrogens with one attached hydrogen (secondary N) is 2. The first-order valence-electron chi connectivity index (χ1n) is 7.94. The predicted molar refractivity (Wildman–Crippen MR) is 97.5 cm³/mol. The number of anilines is 3. The maximum absolute atomic E-state index is 4.55. The SMILES string of the molecule is Cc1ccc(C)c(Nc2cc(C)nc(NCc3ccccn3)n2)c1. The monoisotopic (exact) mass is 319 g/mol. The third-order valence-electron chi connectivity index (χ3n) is 3.66. The molecule has 0 aliphatic carbocycles. The minimum Gasteiger partial charge on any atom is -0.349 e. The molecule has 2 aromatic heterocycles. The molecule has 5 heteroatoms. The number of nitrogens with zero attached hydrogens (tertiary/aromatic N) is 3. The molecule has 24 heavy (non-hydrogen) atoms. The third kappa shape index (κ3) is 4.07. The molecule has 0 saturated carbocycles. The summed E-state index contributed by atoms with van der Waals surface area (Å²) in [6, 6.07) is 14.1. The summed E-state index contributed by atoms with van der Waals surface area (Å²) in [6.45, 7) is 6.71. The van der Waals surface area contributed by atoms with Crippen molar-refractivity contribution in [3.05, 3.63) is 71.2 Å². The van der Waals surface area contributed by atoms with E-state index in [1.165, 1.54) is 11.1 Å². The van der Waals surface area contributed by atoms with Gasteiger partial charge in [0.1, 0.15) is 5.82 Å². The van der Waals surface area contributed by atoms with Crippen molar-refractivity contribution in [3.63, 3.8) is 0 Å². The van der Waals surface area contributed by atoms with Crippen LogP contribution in [0.2, 0.25) is 0 Å². The van der Waals surface area contributed by atoms with Gasteiger partial charge in [-0.05, 0) is 50.1 Å². The second-order valence-electron chi connectivity index (χ2n) is 5.84. The van der Waals surface area contributed by atoms with Gasteiger partial charge in [-0.3, -0.25) is 4.98 Å². The van der Waals surface area contributed by atoms with Gasteiger partial charge in [-0.2, -0.15) is 4.98 Å². The van der Waals surface area contributed by atoms with Gasteiger partial charge in [0, 0.05) is 23.6 Å². The van der Waals surface area contributed by atoms with E-state index in [9.17, 15) is 0 Å². The minimum atomic E-state index is 0.590. The first-order valence-corrected chi connectivity index (χ1v) is 7.94. The summed E-state index contributed by atoms with van der Waals surface area (Å²) >= 11 is 0. The van der Waals surface area contributed by atoms with Crippen molar-refractivity contribution in [3.8, 4) is 0 Å². The number of aromatic nitrogens is 3. The molecule has 0 amide bonds. The summed E-state index contributed by atoms with van der Waals surface area (Å²) in [4.78, 5) is 13.3. The lowest BCUT2D eigenvalue weighted by Gasteiger charge is -2.12. The molecule has 1 aromatic carbocycles. The highest BCUT2D eigenvalue weighted by atomic mass is 15.1. The van der Waals surface area contributed by atoms with Gasteiger partial charge in [-0.15, -0.1) is 0 Å². The average Bonchev–Trinajstić information content (AvgIpc) is 2.57. The van der Waals surface area contributed by atoms with Crippen molar-refractivity contribution in [2.24, 2.45) is 0 Å². The molecule has 0 aliphatic rings. The lowest BCUT2D eigenvalue weighted by Crippen LogP contribution is -2.07. The number of aryl methyl sites for hydroxylation is 3. The van der Waals surface area contributed by atoms with E-state index >= 15 is 0 Å². The first kappa shape index (κ1) is 15.9. The van der Waals surface area contributed by atoms with Crippen molar-refractivity contribution in [2.45, 2.75) is 27.3 Å². The largest absolute Gasteiger partial charge is 0.349 e. The molecule has 3 aromatic rings. The van der Waals surface area contributed by atoms with Crippen molar-refractivity contribution in [2.75, 3.05) is 10.6 Å². The lowest BCUT2D eigenvalue weighted by molar-refractivity contribution is 0.991. The Morgan fingerprint density at radius 2 is 1.83 bits per heavy atom. The number of hydrogen-bond acceptors (Lipinski definition) is 5. The smallest absolute Gasteiger partial charge is 0.225 e. The molecule has 0 atom stereocenters. The highest BCUT2D eigenvalue weighted by Crippen LogP contribution is 2.21. The predicted octanol–water partition coefficient (Wildman–Crippen LogP) is 4.15. The fourth-order valence-electron chi connectivity index (χ4n) is 2.39. The van der Waals surface area contributed by atoms with Gasteiger partial charge in [-0.1, -0.05) is 18.2 Å². The van der Waals surface area contributed by atoms with Crippen LogP contribution >= 0.6 is 0 Å². The maximum atomic E-state index is 4.55. The topological polar surface area (TPSA) is 62.7 Å². The zero-order valence-electron chi connectivity index (χ0n) is 14.2. The summed E-state index contributed by atoms with van der Waals surface area (Å²) in [5.41, 5.74) is 5.30. The zero-order chi connectivity index (χ0) is 16.9. The van der Waals surface area contributed by atoms with Crippen LogP contribution in [-0.4, -0.2) is 15.0 Å². The second-order valence-corrected chi connectivity index (χ2v) is 5.84. The quantitative estimate of drug-likeness (QED) is 0.739. The molecule has 0 fully saturated rings. The number of rotatable bonds is 5. The van der Waals surface area contributed by atoms with E-state index in [2.05, 4.69) is 57.6 Å². The third-order valence-corrected chi connectivity index (χ3v) is 3.66. The summed E-state index contributed by atoms with van der Waals surface area (Å²) in [6.07, 6.45) is 1.78. The van der Waals surface area contributed by atoms with Gasteiger partial charge in [0.15, 0.2) is 0 Å². The van der Waals surface area contributed by atoms with Gasteiger partial charge in [0.05, 0.1) is 12.2 Å². The van der Waals surface area contributed by atoms with E-state index in [-0.39, 0.29) is 0 Å². The van der Waals surface area contributed by atoms with E-state index < -0.39 is 0 Å². The Morgan fingerprint density at radius 1 is 0.958 bits per heavy atom. The molecule has 0 spiro atoms. The number of pyridine rings is 1. The Kier molecular flexibility index (Phi) is 4.70. The van der Waals surface area contributed by atoms with Crippen LogP contribution < -0.4 is 10.6 Å². The fraction of sp³-hybridized carbons (Fsp3) is 0.211. The molecule has 0 radical (unpaired) electrons. The van der Waals surface area contributed by atoms with Crippen molar-refractivity contribution in [1.82, 2.24) is 15.0 Å². The summed E-state index contributed by atoms with van der Waals surface area (Å²) in [5, 5.41) is 6.61. The van der Waals surface area contributed by atoms with Crippen molar-refractivity contribution in [1.29, 1.82) is 0 Å². The molecule has 0 saturated heterocycles. The molecular formula is C19H21N5. The Labute approximate surface area is 142 Å². The van der Waals surface area contributed by atoms with Gasteiger partial charge < -0.3 is 10.6 Å². The molecule has 5 nitrogen and oxygen atoms in total. The number of benzene rings is 1. The van der Waals surface area contributed by atoms with Gasteiger partial charge in [0.2, 0.25) is 5.95 Å². The van der Waals surface area contributed by atoms with E-state index in [0.717, 1.165) is 22.9 Å². The molecule has 2 N–H and O–H groups in total. The van der Waals surface area contributed by atoms with Crippen LogP contribution in [0, 0.1) is 20.8 Å². The molecule has 0 unspecified atom stereocenters. The first-order chi connectivity index (χ1) is 11.6. The molecule has 122 valence electrons. The molecule has 2 heterocycles. The highest BCUT2D eigenvalue weighted by Gasteiger charge is 2.05. The van der Waals surface area contributed by atoms with Crippen LogP contribution in [0.4, 0.5) is 17.5 Å².